The van der Waals surface area contributed by atoms with E-state index < -0.39 is 0 Å². The van der Waals surface area contributed by atoms with Crippen molar-refractivity contribution in [2.45, 2.75) is 13.0 Å². The average Bonchev–Trinajstić information content (AvgIpc) is 3.42. The lowest BCUT2D eigenvalue weighted by Gasteiger charge is -2.11. The fourth-order valence-corrected chi connectivity index (χ4v) is 4.16. The van der Waals surface area contributed by atoms with E-state index in [-0.39, 0.29) is 5.69 Å². The van der Waals surface area contributed by atoms with E-state index in [2.05, 4.69) is 37.7 Å². The van der Waals surface area contributed by atoms with Crippen LogP contribution < -0.4 is 16.3 Å². The number of aromatic nitrogens is 4. The third kappa shape index (κ3) is 4.19. The third-order valence-electron chi connectivity index (χ3n) is 5.70. The number of anilines is 1. The Bertz CT molecular complexity index is 1260. The molecule has 1 atom stereocenters. The molecule has 4 aromatic rings. The summed E-state index contributed by atoms with van der Waals surface area (Å²) in [7, 11) is 0. The first-order valence-electron chi connectivity index (χ1n) is 10.4. The maximum Gasteiger partial charge on any atom is 0.328 e. The Kier molecular flexibility index (Phi) is 5.44. The zero-order valence-electron chi connectivity index (χ0n) is 16.9. The van der Waals surface area contributed by atoms with Crippen LogP contribution in [0.15, 0.2) is 59.5 Å². The molecule has 3 heterocycles. The van der Waals surface area contributed by atoms with E-state index in [4.69, 9.17) is 11.6 Å². The lowest BCUT2D eigenvalue weighted by Crippen LogP contribution is -2.19. The summed E-state index contributed by atoms with van der Waals surface area (Å²) in [6.45, 7) is 3.17. The first-order chi connectivity index (χ1) is 15.2. The van der Waals surface area contributed by atoms with Gasteiger partial charge in [-0.3, -0.25) is 4.57 Å². The molecule has 7 nitrogen and oxygen atoms in total. The van der Waals surface area contributed by atoms with Crippen LogP contribution in [0.25, 0.3) is 22.3 Å². The summed E-state index contributed by atoms with van der Waals surface area (Å²) in [6, 6.07) is 16.0. The Labute approximate surface area is 184 Å². The molecule has 1 unspecified atom stereocenters. The van der Waals surface area contributed by atoms with Crippen molar-refractivity contribution in [3.63, 3.8) is 0 Å². The highest BCUT2D eigenvalue weighted by Crippen LogP contribution is 2.26. The lowest BCUT2D eigenvalue weighted by atomic mass is 10.0. The van der Waals surface area contributed by atoms with Crippen molar-refractivity contribution >= 4 is 28.7 Å². The second-order valence-electron chi connectivity index (χ2n) is 7.86. The number of halogens is 1. The maximum absolute atomic E-state index is 12.7. The number of nitrogens with one attached hydrogen (secondary N) is 3. The number of benzene rings is 2. The number of hydrogen-bond donors (Lipinski definition) is 3. The molecule has 2 aromatic carbocycles. The van der Waals surface area contributed by atoms with Gasteiger partial charge in [0.25, 0.3) is 0 Å². The molecule has 31 heavy (non-hydrogen) atoms. The van der Waals surface area contributed by atoms with E-state index in [1.54, 1.807) is 10.8 Å². The number of hydrogen-bond acceptors (Lipinski definition) is 5. The molecule has 2 aromatic heterocycles. The predicted molar refractivity (Wildman–Crippen MR) is 124 cm³/mol. The molecule has 1 aliphatic rings. The van der Waals surface area contributed by atoms with Crippen molar-refractivity contribution < 1.29 is 0 Å². The summed E-state index contributed by atoms with van der Waals surface area (Å²) in [5.41, 5.74) is 3.94. The van der Waals surface area contributed by atoms with Crippen LogP contribution in [-0.2, 0) is 6.54 Å². The van der Waals surface area contributed by atoms with E-state index in [1.807, 2.05) is 36.4 Å². The third-order valence-corrected chi connectivity index (χ3v) is 6.07. The molecule has 0 spiro atoms. The summed E-state index contributed by atoms with van der Waals surface area (Å²) in [4.78, 5) is 24.5. The van der Waals surface area contributed by atoms with Crippen LogP contribution in [0, 0.1) is 5.92 Å². The van der Waals surface area contributed by atoms with E-state index in [1.165, 1.54) is 0 Å². The van der Waals surface area contributed by atoms with Crippen LogP contribution in [0.5, 0.6) is 0 Å². The van der Waals surface area contributed by atoms with Gasteiger partial charge in [-0.1, -0.05) is 48.0 Å². The van der Waals surface area contributed by atoms with Gasteiger partial charge in [0.15, 0.2) is 5.65 Å². The second kappa shape index (κ2) is 8.53. The van der Waals surface area contributed by atoms with Crippen LogP contribution in [0.2, 0.25) is 5.02 Å². The van der Waals surface area contributed by atoms with E-state index >= 15 is 0 Å². The number of rotatable bonds is 6. The topological polar surface area (TPSA) is 87.6 Å². The minimum absolute atomic E-state index is 0.234. The van der Waals surface area contributed by atoms with Gasteiger partial charge in [-0.25, -0.2) is 9.78 Å². The van der Waals surface area contributed by atoms with Crippen molar-refractivity contribution in [2.75, 3.05) is 25.0 Å². The van der Waals surface area contributed by atoms with Gasteiger partial charge in [-0.15, -0.1) is 0 Å². The molecule has 0 bridgehead atoms. The molecule has 0 amide bonds. The smallest absolute Gasteiger partial charge is 0.328 e. The van der Waals surface area contributed by atoms with Crippen molar-refractivity contribution in [3.05, 3.63) is 75.8 Å². The number of aromatic amines is 1. The summed E-state index contributed by atoms with van der Waals surface area (Å²) in [5.74, 6) is 1.09. The molecule has 0 radical (unpaired) electrons. The standard InChI is InChI=1S/C23H23ClN6O/c24-19-7-6-17(16-4-2-1-3-5-16)10-18(19)14-30-21-20(28-23(30)31)13-27-22(29-21)26-12-15-8-9-25-11-15/h1-7,10,13,15,25H,8-9,11-12,14H2,(H,28,31)(H,26,27,29). The van der Waals surface area contributed by atoms with Crippen molar-refractivity contribution in [1.82, 2.24) is 24.8 Å². The monoisotopic (exact) mass is 434 g/mol. The quantitative estimate of drug-likeness (QED) is 0.432. The molecule has 3 N–H and O–H groups in total. The Morgan fingerprint density at radius 3 is 2.84 bits per heavy atom. The predicted octanol–water partition coefficient (Wildman–Crippen LogP) is 3.51. The number of H-pyrrole nitrogens is 1. The summed E-state index contributed by atoms with van der Waals surface area (Å²) >= 11 is 6.48. The average molecular weight is 435 g/mol. The van der Waals surface area contributed by atoms with Gasteiger partial charge < -0.3 is 15.6 Å². The normalized spacial score (nSPS) is 16.1. The molecule has 0 saturated carbocycles. The Morgan fingerprint density at radius 1 is 1.16 bits per heavy atom. The first-order valence-corrected chi connectivity index (χ1v) is 10.8. The van der Waals surface area contributed by atoms with Gasteiger partial charge >= 0.3 is 5.69 Å². The fraction of sp³-hybridized carbons (Fsp3) is 0.261. The zero-order valence-corrected chi connectivity index (χ0v) is 17.7. The Balaban J connectivity index is 1.45. The molecular weight excluding hydrogens is 412 g/mol. The Hall–Kier alpha value is -3.16. The molecule has 0 aliphatic carbocycles. The molecule has 1 aliphatic heterocycles. The largest absolute Gasteiger partial charge is 0.354 e. The second-order valence-corrected chi connectivity index (χ2v) is 8.27. The summed E-state index contributed by atoms with van der Waals surface area (Å²) in [6.07, 6.45) is 2.79. The Morgan fingerprint density at radius 2 is 2.03 bits per heavy atom. The number of imidazole rings is 1. The van der Waals surface area contributed by atoms with Gasteiger partial charge in [0, 0.05) is 11.6 Å². The van der Waals surface area contributed by atoms with E-state index in [9.17, 15) is 4.79 Å². The van der Waals surface area contributed by atoms with Crippen LogP contribution in [0.3, 0.4) is 0 Å². The van der Waals surface area contributed by atoms with Gasteiger partial charge in [0.05, 0.1) is 12.7 Å². The minimum Gasteiger partial charge on any atom is -0.354 e. The minimum atomic E-state index is -0.234. The van der Waals surface area contributed by atoms with Crippen molar-refractivity contribution in [3.8, 4) is 11.1 Å². The van der Waals surface area contributed by atoms with Gasteiger partial charge in [-0.05, 0) is 54.3 Å². The lowest BCUT2D eigenvalue weighted by molar-refractivity contribution is 0.613. The number of nitrogens with zero attached hydrogens (tertiary/aromatic N) is 3. The number of fused-ring (bicyclic) bond motifs is 1. The van der Waals surface area contributed by atoms with Crippen LogP contribution in [-0.4, -0.2) is 39.2 Å². The van der Waals surface area contributed by atoms with E-state index in [0.717, 1.165) is 42.7 Å². The zero-order chi connectivity index (χ0) is 21.2. The highest BCUT2D eigenvalue weighted by Gasteiger charge is 2.16. The van der Waals surface area contributed by atoms with Crippen LogP contribution in [0.4, 0.5) is 5.95 Å². The summed E-state index contributed by atoms with van der Waals surface area (Å²) < 4.78 is 1.61. The van der Waals surface area contributed by atoms with Crippen LogP contribution in [0.1, 0.15) is 12.0 Å². The van der Waals surface area contributed by atoms with E-state index in [0.29, 0.717) is 34.6 Å². The highest BCUT2D eigenvalue weighted by atomic mass is 35.5. The van der Waals surface area contributed by atoms with Crippen molar-refractivity contribution in [1.29, 1.82) is 0 Å². The van der Waals surface area contributed by atoms with Gasteiger partial charge in [0.1, 0.15) is 5.52 Å². The fourth-order valence-electron chi connectivity index (χ4n) is 3.98. The molecular formula is C23H23ClN6O. The molecule has 1 fully saturated rings. The van der Waals surface area contributed by atoms with Gasteiger partial charge in [-0.2, -0.15) is 4.98 Å². The highest BCUT2D eigenvalue weighted by molar-refractivity contribution is 6.31. The first kappa shape index (κ1) is 19.8. The van der Waals surface area contributed by atoms with Gasteiger partial charge in [0.2, 0.25) is 5.95 Å². The SMILES string of the molecule is O=c1[nH]c2cnc(NCC3CCNC3)nc2n1Cc1cc(-c2ccccc2)ccc1Cl. The summed E-state index contributed by atoms with van der Waals surface area (Å²) in [5, 5.41) is 7.27. The molecule has 1 saturated heterocycles. The van der Waals surface area contributed by atoms with Crippen molar-refractivity contribution in [2.24, 2.45) is 5.92 Å². The maximum atomic E-state index is 12.7. The molecule has 5 rings (SSSR count). The van der Waals surface area contributed by atoms with Crippen LogP contribution >= 0.6 is 11.6 Å². The molecule has 8 heteroatoms. The molecule has 158 valence electrons.